The molecule has 0 aliphatic carbocycles. The van der Waals surface area contributed by atoms with Crippen LogP contribution in [0.15, 0.2) is 18.2 Å². The number of rotatable bonds is 6. The van der Waals surface area contributed by atoms with Crippen molar-refractivity contribution in [1.82, 2.24) is 5.32 Å². The molecule has 1 aromatic rings. The highest BCUT2D eigenvalue weighted by molar-refractivity contribution is 5.95. The van der Waals surface area contributed by atoms with Gasteiger partial charge in [0.25, 0.3) is 0 Å². The predicted molar refractivity (Wildman–Crippen MR) is 71.5 cm³/mol. The molecule has 0 unspecified atom stereocenters. The van der Waals surface area contributed by atoms with Crippen LogP contribution in [0.25, 0.3) is 0 Å². The molecule has 0 aromatic heterocycles. The van der Waals surface area contributed by atoms with Crippen molar-refractivity contribution < 1.29 is 14.3 Å². The van der Waals surface area contributed by atoms with Crippen molar-refractivity contribution in [3.05, 3.63) is 18.2 Å². The van der Waals surface area contributed by atoms with Crippen LogP contribution < -0.4 is 19.7 Å². The minimum atomic E-state index is -0.0246. The summed E-state index contributed by atoms with van der Waals surface area (Å²) in [6.07, 6.45) is 0. The first kappa shape index (κ1) is 14.3. The number of hydrogen-bond acceptors (Lipinski definition) is 4. The highest BCUT2D eigenvalue weighted by Gasteiger charge is 2.15. The van der Waals surface area contributed by atoms with Crippen LogP contribution in [0.5, 0.6) is 11.5 Å². The molecule has 0 fully saturated rings. The van der Waals surface area contributed by atoms with Crippen LogP contribution >= 0.6 is 0 Å². The fourth-order valence-corrected chi connectivity index (χ4v) is 1.54. The van der Waals surface area contributed by atoms with E-state index in [1.165, 1.54) is 0 Å². The van der Waals surface area contributed by atoms with Crippen LogP contribution in [0.4, 0.5) is 5.69 Å². The largest absolute Gasteiger partial charge is 0.497 e. The van der Waals surface area contributed by atoms with E-state index >= 15 is 0 Å². The van der Waals surface area contributed by atoms with Crippen molar-refractivity contribution in [3.63, 3.8) is 0 Å². The molecule has 0 aliphatic rings. The smallest absolute Gasteiger partial charge is 0.240 e. The van der Waals surface area contributed by atoms with Crippen LogP contribution in [-0.4, -0.2) is 40.3 Å². The van der Waals surface area contributed by atoms with Gasteiger partial charge in [0.15, 0.2) is 0 Å². The monoisotopic (exact) mass is 252 g/mol. The summed E-state index contributed by atoms with van der Waals surface area (Å²) in [7, 11) is 4.89. The van der Waals surface area contributed by atoms with E-state index < -0.39 is 0 Å². The molecule has 1 N–H and O–H groups in total. The maximum atomic E-state index is 11.9. The molecular weight excluding hydrogens is 232 g/mol. The number of ether oxygens (including phenoxy) is 2. The number of likely N-dealkylation sites (N-methyl/N-ethyl adjacent to an activating group) is 2. The van der Waals surface area contributed by atoms with Gasteiger partial charge >= 0.3 is 0 Å². The molecule has 0 bridgehead atoms. The van der Waals surface area contributed by atoms with Crippen LogP contribution in [0.3, 0.4) is 0 Å². The summed E-state index contributed by atoms with van der Waals surface area (Å²) >= 11 is 0. The standard InChI is InChI=1S/C13H20N2O3/c1-5-14-9-13(16)15(2)11-8-10(17-3)6-7-12(11)18-4/h6-8,14H,5,9H2,1-4H3. The molecule has 100 valence electrons. The van der Waals surface area contributed by atoms with E-state index in [1.54, 1.807) is 44.4 Å². The molecule has 0 heterocycles. The summed E-state index contributed by atoms with van der Waals surface area (Å²) in [4.78, 5) is 13.5. The predicted octanol–water partition coefficient (Wildman–Crippen LogP) is 1.28. The number of anilines is 1. The van der Waals surface area contributed by atoms with Crippen molar-refractivity contribution in [2.45, 2.75) is 6.92 Å². The first-order chi connectivity index (χ1) is 8.63. The number of amides is 1. The number of nitrogens with zero attached hydrogens (tertiary/aromatic N) is 1. The van der Waals surface area contributed by atoms with Crippen molar-refractivity contribution >= 4 is 11.6 Å². The van der Waals surface area contributed by atoms with E-state index in [0.29, 0.717) is 23.7 Å². The van der Waals surface area contributed by atoms with Crippen LogP contribution in [0.1, 0.15) is 6.92 Å². The lowest BCUT2D eigenvalue weighted by molar-refractivity contribution is -0.117. The van der Waals surface area contributed by atoms with Crippen molar-refractivity contribution in [1.29, 1.82) is 0 Å². The maximum Gasteiger partial charge on any atom is 0.240 e. The van der Waals surface area contributed by atoms with Gasteiger partial charge in [-0.3, -0.25) is 4.79 Å². The topological polar surface area (TPSA) is 50.8 Å². The fourth-order valence-electron chi connectivity index (χ4n) is 1.54. The highest BCUT2D eigenvalue weighted by atomic mass is 16.5. The lowest BCUT2D eigenvalue weighted by Crippen LogP contribution is -2.35. The van der Waals surface area contributed by atoms with Gasteiger partial charge in [-0.15, -0.1) is 0 Å². The van der Waals surface area contributed by atoms with E-state index in [1.807, 2.05) is 6.92 Å². The quantitative estimate of drug-likeness (QED) is 0.828. The molecule has 18 heavy (non-hydrogen) atoms. The Balaban J connectivity index is 2.94. The van der Waals surface area contributed by atoms with E-state index in [-0.39, 0.29) is 5.91 Å². The number of benzene rings is 1. The Hall–Kier alpha value is -1.75. The number of nitrogens with one attached hydrogen (secondary N) is 1. The minimum Gasteiger partial charge on any atom is -0.497 e. The first-order valence-electron chi connectivity index (χ1n) is 5.83. The number of carbonyl (C=O) groups excluding carboxylic acids is 1. The van der Waals surface area contributed by atoms with Gasteiger partial charge in [0.05, 0.1) is 26.5 Å². The Morgan fingerprint density at radius 2 is 2.06 bits per heavy atom. The second-order valence-electron chi connectivity index (χ2n) is 3.77. The van der Waals surface area contributed by atoms with Crippen LogP contribution in [0.2, 0.25) is 0 Å². The Kier molecular flexibility index (Phi) is 5.45. The molecule has 0 atom stereocenters. The zero-order chi connectivity index (χ0) is 13.5. The van der Waals surface area contributed by atoms with Gasteiger partial charge in [0, 0.05) is 13.1 Å². The van der Waals surface area contributed by atoms with Gasteiger partial charge in [-0.25, -0.2) is 0 Å². The Labute approximate surface area is 108 Å². The van der Waals surface area contributed by atoms with E-state index in [9.17, 15) is 4.79 Å². The molecule has 0 spiro atoms. The van der Waals surface area contributed by atoms with E-state index in [2.05, 4.69) is 5.32 Å². The van der Waals surface area contributed by atoms with E-state index in [0.717, 1.165) is 6.54 Å². The molecular formula is C13H20N2O3. The molecule has 1 aromatic carbocycles. The summed E-state index contributed by atoms with van der Waals surface area (Å²) < 4.78 is 10.4. The molecule has 1 rings (SSSR count). The second-order valence-corrected chi connectivity index (χ2v) is 3.77. The van der Waals surface area contributed by atoms with Gasteiger partial charge in [-0.2, -0.15) is 0 Å². The molecule has 0 saturated carbocycles. The second kappa shape index (κ2) is 6.86. The molecule has 5 nitrogen and oxygen atoms in total. The number of methoxy groups -OCH3 is 2. The minimum absolute atomic E-state index is 0.0246. The third-order valence-electron chi connectivity index (χ3n) is 2.65. The zero-order valence-electron chi connectivity index (χ0n) is 11.3. The van der Waals surface area contributed by atoms with Crippen molar-refractivity contribution in [2.24, 2.45) is 0 Å². The highest BCUT2D eigenvalue weighted by Crippen LogP contribution is 2.31. The lowest BCUT2D eigenvalue weighted by atomic mass is 10.2. The molecule has 0 aliphatic heterocycles. The zero-order valence-corrected chi connectivity index (χ0v) is 11.3. The van der Waals surface area contributed by atoms with Gasteiger partial charge in [0.2, 0.25) is 5.91 Å². The average molecular weight is 252 g/mol. The molecule has 0 radical (unpaired) electrons. The van der Waals surface area contributed by atoms with E-state index in [4.69, 9.17) is 9.47 Å². The first-order valence-corrected chi connectivity index (χ1v) is 5.83. The van der Waals surface area contributed by atoms with Crippen molar-refractivity contribution in [3.8, 4) is 11.5 Å². The lowest BCUT2D eigenvalue weighted by Gasteiger charge is -2.20. The Morgan fingerprint density at radius 3 is 2.61 bits per heavy atom. The third kappa shape index (κ3) is 3.37. The summed E-state index contributed by atoms with van der Waals surface area (Å²) in [6.45, 7) is 3.02. The Bertz CT molecular complexity index is 407. The van der Waals surface area contributed by atoms with Crippen LogP contribution in [-0.2, 0) is 4.79 Å². The van der Waals surface area contributed by atoms with Gasteiger partial charge < -0.3 is 19.7 Å². The molecule has 5 heteroatoms. The maximum absolute atomic E-state index is 11.9. The van der Waals surface area contributed by atoms with Gasteiger partial charge in [-0.05, 0) is 18.7 Å². The molecule has 1 amide bonds. The van der Waals surface area contributed by atoms with Gasteiger partial charge in [0.1, 0.15) is 11.5 Å². The fraction of sp³-hybridized carbons (Fsp3) is 0.462. The van der Waals surface area contributed by atoms with Gasteiger partial charge in [-0.1, -0.05) is 6.92 Å². The summed E-state index contributed by atoms with van der Waals surface area (Å²) in [5, 5.41) is 3.00. The summed E-state index contributed by atoms with van der Waals surface area (Å²) in [6, 6.07) is 5.36. The molecule has 0 saturated heterocycles. The summed E-state index contributed by atoms with van der Waals surface area (Å²) in [5.41, 5.74) is 0.694. The number of hydrogen-bond donors (Lipinski definition) is 1. The summed E-state index contributed by atoms with van der Waals surface area (Å²) in [5.74, 6) is 1.31. The SMILES string of the molecule is CCNCC(=O)N(C)c1cc(OC)ccc1OC. The third-order valence-corrected chi connectivity index (χ3v) is 2.65. The van der Waals surface area contributed by atoms with Crippen LogP contribution in [0, 0.1) is 0 Å². The number of carbonyl (C=O) groups is 1. The normalized spacial score (nSPS) is 10.0. The average Bonchev–Trinajstić information content (AvgIpc) is 2.43. The Morgan fingerprint density at radius 1 is 1.33 bits per heavy atom. The van der Waals surface area contributed by atoms with Crippen molar-refractivity contribution in [2.75, 3.05) is 39.3 Å².